The molecule has 2 N–H and O–H groups in total. The Kier molecular flexibility index (Phi) is 8.11. The van der Waals surface area contributed by atoms with Crippen LogP contribution in [0.4, 0.5) is 0 Å². The maximum absolute atomic E-state index is 13.6. The van der Waals surface area contributed by atoms with Gasteiger partial charge in [0.25, 0.3) is 11.8 Å². The van der Waals surface area contributed by atoms with Gasteiger partial charge in [-0.15, -0.1) is 0 Å². The number of amides is 2. The lowest BCUT2D eigenvalue weighted by Gasteiger charge is -2.34. The predicted molar refractivity (Wildman–Crippen MR) is 155 cm³/mol. The first-order valence-corrected chi connectivity index (χ1v) is 13.8. The zero-order valence-electron chi connectivity index (χ0n) is 23.3. The van der Waals surface area contributed by atoms with Crippen molar-refractivity contribution in [3.8, 4) is 28.6 Å². The number of nitrogens with zero attached hydrogens (tertiary/aromatic N) is 4. The lowest BCUT2D eigenvalue weighted by molar-refractivity contribution is -0.123. The summed E-state index contributed by atoms with van der Waals surface area (Å²) in [5.41, 5.74) is 3.80. The van der Waals surface area contributed by atoms with Crippen molar-refractivity contribution >= 4 is 11.8 Å². The smallest absolute Gasteiger partial charge is 0.258 e. The highest BCUT2D eigenvalue weighted by Crippen LogP contribution is 2.33. The van der Waals surface area contributed by atoms with Gasteiger partial charge in [-0.2, -0.15) is 0 Å². The van der Waals surface area contributed by atoms with E-state index in [2.05, 4.69) is 25.5 Å². The van der Waals surface area contributed by atoms with Crippen LogP contribution in [0.1, 0.15) is 27.5 Å². The van der Waals surface area contributed by atoms with Gasteiger partial charge in [0.05, 0.1) is 26.4 Å². The Morgan fingerprint density at radius 1 is 1.14 bits per heavy atom. The van der Waals surface area contributed by atoms with Crippen LogP contribution < -0.4 is 20.1 Å². The monoisotopic (exact) mass is 568 g/mol. The zero-order valence-corrected chi connectivity index (χ0v) is 23.3. The van der Waals surface area contributed by atoms with Crippen LogP contribution in [0, 0.1) is 0 Å². The number of methoxy groups -OCH3 is 1. The third kappa shape index (κ3) is 5.97. The Morgan fingerprint density at radius 3 is 2.83 bits per heavy atom. The number of fused-ring (bicyclic) bond motifs is 7. The van der Waals surface area contributed by atoms with Crippen molar-refractivity contribution in [2.45, 2.75) is 12.6 Å². The van der Waals surface area contributed by atoms with Crippen molar-refractivity contribution in [1.29, 1.82) is 0 Å². The van der Waals surface area contributed by atoms with Crippen molar-refractivity contribution in [2.24, 2.45) is 0 Å². The van der Waals surface area contributed by atoms with Crippen LogP contribution in [0.3, 0.4) is 0 Å². The molecule has 1 unspecified atom stereocenters. The number of carbonyl (C=O) groups is 2. The summed E-state index contributed by atoms with van der Waals surface area (Å²) < 4.78 is 18.7. The number of aromatic nitrogens is 3. The molecule has 4 bridgehead atoms. The number of morpholine rings is 1. The Labute approximate surface area is 243 Å². The first-order chi connectivity index (χ1) is 20.6. The maximum Gasteiger partial charge on any atom is 0.258 e. The van der Waals surface area contributed by atoms with Gasteiger partial charge in [0.1, 0.15) is 5.82 Å². The molecular weight excluding hydrogens is 536 g/mol. The van der Waals surface area contributed by atoms with E-state index in [-0.39, 0.29) is 31.0 Å². The molecule has 4 aromatic rings. The third-order valence-electron chi connectivity index (χ3n) is 7.44. The molecule has 2 amide bonds. The summed E-state index contributed by atoms with van der Waals surface area (Å²) in [5, 5.41) is 6.03. The molecule has 0 aliphatic carbocycles. The number of nitrogens with one attached hydrogen (secondary N) is 2. The number of benzene rings is 2. The van der Waals surface area contributed by atoms with Crippen LogP contribution in [-0.4, -0.2) is 77.8 Å². The standard InChI is InChI=1S/C31H32N6O5/c1-40-27-5-4-22-16-28(27)42-20-29(38)34-17-21-13-24(15-25(14-21)37-8-7-33-30(22)37)31(39)35-19-26(23-3-2-6-32-18-23)36-9-11-41-12-10-36/h2-8,13-16,18,26H,9-12,17,19-20H2,1H3,(H,34,38)(H,35,39). The summed E-state index contributed by atoms with van der Waals surface area (Å²) in [7, 11) is 1.55. The first-order valence-electron chi connectivity index (χ1n) is 13.8. The number of hydrogen-bond acceptors (Lipinski definition) is 8. The Balaban J connectivity index is 1.32. The number of imidazole rings is 1. The third-order valence-corrected chi connectivity index (χ3v) is 7.44. The lowest BCUT2D eigenvalue weighted by atomic mass is 10.1. The number of pyridine rings is 1. The van der Waals surface area contributed by atoms with Crippen molar-refractivity contribution in [3.05, 3.63) is 90.0 Å². The van der Waals surface area contributed by atoms with Gasteiger partial charge in [-0.3, -0.25) is 24.0 Å². The molecule has 1 atom stereocenters. The zero-order chi connectivity index (χ0) is 28.9. The summed E-state index contributed by atoms with van der Waals surface area (Å²) >= 11 is 0. The molecule has 0 spiro atoms. The van der Waals surface area contributed by atoms with Crippen LogP contribution in [0.5, 0.6) is 11.5 Å². The topological polar surface area (TPSA) is 120 Å². The minimum absolute atomic E-state index is 0.0420. The minimum Gasteiger partial charge on any atom is -0.493 e. The first kappa shape index (κ1) is 27.4. The lowest BCUT2D eigenvalue weighted by Crippen LogP contribution is -2.43. The summed E-state index contributed by atoms with van der Waals surface area (Å²) in [6, 6.07) is 14.9. The molecule has 216 valence electrons. The number of ether oxygens (including phenoxy) is 3. The van der Waals surface area contributed by atoms with Crippen molar-refractivity contribution in [3.63, 3.8) is 0 Å². The molecule has 2 aromatic carbocycles. The van der Waals surface area contributed by atoms with E-state index >= 15 is 0 Å². The molecule has 6 rings (SSSR count). The Hall–Kier alpha value is -4.74. The number of hydrogen-bond donors (Lipinski definition) is 2. The largest absolute Gasteiger partial charge is 0.493 e. The van der Waals surface area contributed by atoms with Crippen molar-refractivity contribution < 1.29 is 23.8 Å². The molecule has 1 fully saturated rings. The highest BCUT2D eigenvalue weighted by atomic mass is 16.5. The average Bonchev–Trinajstić information content (AvgIpc) is 3.53. The van der Waals surface area contributed by atoms with Crippen LogP contribution in [0.2, 0.25) is 0 Å². The Morgan fingerprint density at radius 2 is 2.02 bits per heavy atom. The molecule has 11 nitrogen and oxygen atoms in total. The fourth-order valence-electron chi connectivity index (χ4n) is 5.31. The highest BCUT2D eigenvalue weighted by Gasteiger charge is 2.24. The van der Waals surface area contributed by atoms with Crippen LogP contribution >= 0.6 is 0 Å². The van der Waals surface area contributed by atoms with Gasteiger partial charge < -0.3 is 24.8 Å². The van der Waals surface area contributed by atoms with Crippen molar-refractivity contribution in [1.82, 2.24) is 30.1 Å². The molecule has 1 saturated heterocycles. The van der Waals surface area contributed by atoms with E-state index in [4.69, 9.17) is 14.2 Å². The predicted octanol–water partition coefficient (Wildman–Crippen LogP) is 2.75. The normalized spacial score (nSPS) is 16.0. The van der Waals surface area contributed by atoms with Gasteiger partial charge in [0.15, 0.2) is 18.1 Å². The van der Waals surface area contributed by atoms with Crippen LogP contribution in [0.25, 0.3) is 17.1 Å². The van der Waals surface area contributed by atoms with Crippen LogP contribution in [-0.2, 0) is 16.1 Å². The number of carbonyl (C=O) groups excluding carboxylic acids is 2. The van der Waals surface area contributed by atoms with E-state index in [1.165, 1.54) is 0 Å². The van der Waals surface area contributed by atoms with Gasteiger partial charge >= 0.3 is 0 Å². The van der Waals surface area contributed by atoms with Gasteiger partial charge in [-0.05, 0) is 53.6 Å². The Bertz CT molecular complexity index is 1570. The molecule has 0 saturated carbocycles. The van der Waals surface area contributed by atoms with E-state index in [0.29, 0.717) is 42.6 Å². The fraction of sp³-hybridized carbons (Fsp3) is 0.290. The number of rotatable bonds is 6. The molecule has 2 aliphatic rings. The maximum atomic E-state index is 13.6. The minimum atomic E-state index is -0.291. The van der Waals surface area contributed by atoms with E-state index in [1.807, 2.05) is 47.3 Å². The molecule has 42 heavy (non-hydrogen) atoms. The van der Waals surface area contributed by atoms with Crippen molar-refractivity contribution in [2.75, 3.05) is 46.6 Å². The van der Waals surface area contributed by atoms with E-state index in [0.717, 1.165) is 35.5 Å². The van der Waals surface area contributed by atoms with E-state index in [9.17, 15) is 9.59 Å². The molecule has 4 heterocycles. The second-order valence-corrected chi connectivity index (χ2v) is 10.1. The van der Waals surface area contributed by atoms with Crippen LogP contribution in [0.15, 0.2) is 73.3 Å². The molecule has 0 radical (unpaired) electrons. The molecular formula is C31H32N6O5. The summed E-state index contributed by atoms with van der Waals surface area (Å²) in [4.78, 5) is 37.5. The summed E-state index contributed by atoms with van der Waals surface area (Å²) in [6.45, 7) is 3.29. The summed E-state index contributed by atoms with van der Waals surface area (Å²) in [6.07, 6.45) is 7.14. The van der Waals surface area contributed by atoms with E-state index in [1.54, 1.807) is 37.7 Å². The molecule has 2 aromatic heterocycles. The van der Waals surface area contributed by atoms with Gasteiger partial charge in [-0.1, -0.05) is 6.07 Å². The molecule has 2 aliphatic heterocycles. The second-order valence-electron chi connectivity index (χ2n) is 10.1. The van der Waals surface area contributed by atoms with Gasteiger partial charge in [0, 0.05) is 67.8 Å². The average molecular weight is 569 g/mol. The quantitative estimate of drug-likeness (QED) is 0.365. The van der Waals surface area contributed by atoms with E-state index < -0.39 is 0 Å². The van der Waals surface area contributed by atoms with Gasteiger partial charge in [0.2, 0.25) is 0 Å². The summed E-state index contributed by atoms with van der Waals surface area (Å²) in [5.74, 6) is 1.11. The molecule has 11 heteroatoms. The second kappa shape index (κ2) is 12.4. The fourth-order valence-corrected chi connectivity index (χ4v) is 5.31. The highest BCUT2D eigenvalue weighted by molar-refractivity contribution is 5.95. The SMILES string of the molecule is COc1ccc2cc1OCC(=O)NCc1cc(C(=O)NCC(c3cccnc3)N3CCOCC3)cc(c1)-n1ccnc1-2. The van der Waals surface area contributed by atoms with Gasteiger partial charge in [-0.25, -0.2) is 4.98 Å².